The van der Waals surface area contributed by atoms with Crippen LogP contribution in [0.25, 0.3) is 0 Å². The van der Waals surface area contributed by atoms with Gasteiger partial charge in [0, 0.05) is 0 Å². The molecule has 4 N–H and O–H groups in total. The van der Waals surface area contributed by atoms with E-state index in [-0.39, 0.29) is 0 Å². The van der Waals surface area contributed by atoms with Crippen LogP contribution in [0.15, 0.2) is 30.3 Å². The summed E-state index contributed by atoms with van der Waals surface area (Å²) < 4.78 is 5.68. The van der Waals surface area contributed by atoms with Gasteiger partial charge in [0.05, 0.1) is 0 Å². The van der Waals surface area contributed by atoms with Gasteiger partial charge in [-0.25, -0.2) is 4.79 Å². The number of rotatable bonds is 6. The zero-order valence-corrected chi connectivity index (χ0v) is 13.2. The lowest BCUT2D eigenvalue weighted by Crippen LogP contribution is -2.58. The van der Waals surface area contributed by atoms with Crippen molar-refractivity contribution in [3.8, 4) is 5.75 Å². The van der Waals surface area contributed by atoms with Crippen LogP contribution < -0.4 is 15.8 Å². The number of H-pyrrole nitrogens is 1. The molecule has 0 fully saturated rings. The van der Waals surface area contributed by atoms with Gasteiger partial charge in [0.1, 0.15) is 17.6 Å². The third-order valence-electron chi connectivity index (χ3n) is 2.78. The fourth-order valence-corrected chi connectivity index (χ4v) is 2.43. The van der Waals surface area contributed by atoms with Gasteiger partial charge in [-0.15, -0.1) is 5.10 Å². The van der Waals surface area contributed by atoms with Gasteiger partial charge in [0.2, 0.25) is 5.13 Å². The number of benzene rings is 1. The summed E-state index contributed by atoms with van der Waals surface area (Å²) in [5, 5.41) is 9.60. The SMILES string of the molecule is CC(N)(C=O)C(Nc1n[nH]c(=S)s1)C(=O)Oc1ccccc1. The zero-order valence-electron chi connectivity index (χ0n) is 11.6. The first kappa shape index (κ1) is 16.3. The van der Waals surface area contributed by atoms with Gasteiger partial charge in [-0.05, 0) is 31.3 Å². The highest BCUT2D eigenvalue weighted by Gasteiger charge is 2.38. The summed E-state index contributed by atoms with van der Waals surface area (Å²) in [6.07, 6.45) is 0.489. The lowest BCUT2D eigenvalue weighted by atomic mass is 9.95. The van der Waals surface area contributed by atoms with Crippen molar-refractivity contribution >= 4 is 40.9 Å². The number of esters is 1. The molecule has 0 aliphatic carbocycles. The highest BCUT2D eigenvalue weighted by Crippen LogP contribution is 2.18. The van der Waals surface area contributed by atoms with E-state index in [9.17, 15) is 9.59 Å². The molecule has 1 aromatic carbocycles. The minimum absolute atomic E-state index is 0.346. The molecule has 0 spiro atoms. The Hall–Kier alpha value is -2.10. The smallest absolute Gasteiger partial charge is 0.336 e. The lowest BCUT2D eigenvalue weighted by molar-refractivity contribution is -0.138. The molecule has 1 heterocycles. The molecule has 0 saturated heterocycles. The average molecular weight is 338 g/mol. The van der Waals surface area contributed by atoms with Crippen molar-refractivity contribution in [2.75, 3.05) is 5.32 Å². The van der Waals surface area contributed by atoms with E-state index in [0.29, 0.717) is 21.1 Å². The molecule has 22 heavy (non-hydrogen) atoms. The number of carbonyl (C=O) groups is 2. The van der Waals surface area contributed by atoms with Crippen molar-refractivity contribution < 1.29 is 14.3 Å². The number of carbonyl (C=O) groups excluding carboxylic acids is 2. The van der Waals surface area contributed by atoms with Gasteiger partial charge in [-0.1, -0.05) is 29.5 Å². The Morgan fingerprint density at radius 1 is 1.55 bits per heavy atom. The van der Waals surface area contributed by atoms with E-state index in [1.807, 2.05) is 0 Å². The van der Waals surface area contributed by atoms with Gasteiger partial charge in [0.15, 0.2) is 10.00 Å². The Kier molecular flexibility index (Phi) is 5.01. The van der Waals surface area contributed by atoms with E-state index in [4.69, 9.17) is 22.7 Å². The maximum atomic E-state index is 12.3. The van der Waals surface area contributed by atoms with E-state index in [1.54, 1.807) is 30.3 Å². The Balaban J connectivity index is 2.22. The normalized spacial score (nSPS) is 14.6. The van der Waals surface area contributed by atoms with E-state index < -0.39 is 17.6 Å². The second-order valence-electron chi connectivity index (χ2n) is 4.71. The maximum absolute atomic E-state index is 12.3. The molecule has 0 aliphatic heterocycles. The summed E-state index contributed by atoms with van der Waals surface area (Å²) in [6, 6.07) is 7.39. The molecule has 116 valence electrons. The fourth-order valence-electron chi connectivity index (χ4n) is 1.62. The van der Waals surface area contributed by atoms with Crippen LogP contribution in [0.2, 0.25) is 0 Å². The highest BCUT2D eigenvalue weighted by atomic mass is 32.1. The van der Waals surface area contributed by atoms with Gasteiger partial charge < -0.3 is 20.6 Å². The first-order chi connectivity index (χ1) is 10.4. The number of hydrogen-bond donors (Lipinski definition) is 3. The standard InChI is InChI=1S/C13H14N4O3S2/c1-13(14,7-18)9(15-11-16-17-12(21)22-11)10(19)20-8-5-3-2-4-6-8/h2-7,9H,14H2,1H3,(H,15,16)(H,17,21). The van der Waals surface area contributed by atoms with Crippen molar-refractivity contribution in [3.05, 3.63) is 34.3 Å². The van der Waals surface area contributed by atoms with Gasteiger partial charge in [0.25, 0.3) is 0 Å². The highest BCUT2D eigenvalue weighted by molar-refractivity contribution is 7.73. The molecule has 2 rings (SSSR count). The number of anilines is 1. The van der Waals surface area contributed by atoms with Crippen molar-refractivity contribution in [2.24, 2.45) is 5.73 Å². The summed E-state index contributed by atoms with van der Waals surface area (Å²) in [7, 11) is 0. The van der Waals surface area contributed by atoms with Crippen LogP contribution in [-0.2, 0) is 9.59 Å². The number of nitrogens with one attached hydrogen (secondary N) is 2. The number of nitrogens with two attached hydrogens (primary N) is 1. The number of nitrogens with zero attached hydrogens (tertiary/aromatic N) is 1. The van der Waals surface area contributed by atoms with E-state index in [2.05, 4.69) is 15.5 Å². The third-order valence-corrected chi connectivity index (χ3v) is 3.80. The molecule has 0 aliphatic rings. The van der Waals surface area contributed by atoms with Gasteiger partial charge in [-0.2, -0.15) is 0 Å². The fraction of sp³-hybridized carbons (Fsp3) is 0.231. The third kappa shape index (κ3) is 3.97. The number of aromatic nitrogens is 2. The van der Waals surface area contributed by atoms with E-state index >= 15 is 0 Å². The average Bonchev–Trinajstić information content (AvgIpc) is 2.91. The number of ether oxygens (including phenoxy) is 1. The first-order valence-corrected chi connectivity index (χ1v) is 7.49. The molecule has 0 saturated carbocycles. The summed E-state index contributed by atoms with van der Waals surface area (Å²) in [4.78, 5) is 23.5. The lowest BCUT2D eigenvalue weighted by Gasteiger charge is -2.27. The number of para-hydroxylation sites is 1. The largest absolute Gasteiger partial charge is 0.425 e. The maximum Gasteiger partial charge on any atom is 0.336 e. The zero-order chi connectivity index (χ0) is 16.2. The van der Waals surface area contributed by atoms with Crippen LogP contribution in [0.5, 0.6) is 5.75 Å². The minimum Gasteiger partial charge on any atom is -0.425 e. The monoisotopic (exact) mass is 338 g/mol. The van der Waals surface area contributed by atoms with Crippen molar-refractivity contribution in [1.29, 1.82) is 0 Å². The molecule has 9 heteroatoms. The molecule has 2 unspecified atom stereocenters. The molecule has 7 nitrogen and oxygen atoms in total. The van der Waals surface area contributed by atoms with Gasteiger partial charge >= 0.3 is 5.97 Å². The van der Waals surface area contributed by atoms with Crippen molar-refractivity contribution in [2.45, 2.75) is 18.5 Å². The van der Waals surface area contributed by atoms with Crippen LogP contribution in [0.4, 0.5) is 5.13 Å². The molecule has 1 aromatic heterocycles. The van der Waals surface area contributed by atoms with Crippen LogP contribution >= 0.6 is 23.6 Å². The predicted octanol–water partition coefficient (Wildman–Crippen LogP) is 1.50. The van der Waals surface area contributed by atoms with Crippen LogP contribution in [-0.4, -0.2) is 34.0 Å². The van der Waals surface area contributed by atoms with Crippen molar-refractivity contribution in [1.82, 2.24) is 10.2 Å². The van der Waals surface area contributed by atoms with Crippen LogP contribution in [0, 0.1) is 3.95 Å². The molecule has 2 aromatic rings. The van der Waals surface area contributed by atoms with E-state index in [0.717, 1.165) is 11.3 Å². The van der Waals surface area contributed by atoms with Crippen LogP contribution in [0.3, 0.4) is 0 Å². The summed E-state index contributed by atoms with van der Waals surface area (Å²) >= 11 is 6.05. The second-order valence-corrected chi connectivity index (χ2v) is 6.38. The summed E-state index contributed by atoms with van der Waals surface area (Å²) in [5.41, 5.74) is 4.41. The summed E-state index contributed by atoms with van der Waals surface area (Å²) in [6.45, 7) is 1.43. The molecular formula is C13H14N4O3S2. The number of aromatic amines is 1. The molecule has 0 bridgehead atoms. The Morgan fingerprint density at radius 2 is 2.23 bits per heavy atom. The Morgan fingerprint density at radius 3 is 2.77 bits per heavy atom. The predicted molar refractivity (Wildman–Crippen MR) is 85.4 cm³/mol. The van der Waals surface area contributed by atoms with Gasteiger partial charge in [-0.3, -0.25) is 5.10 Å². The Bertz CT molecular complexity index is 711. The molecule has 0 amide bonds. The first-order valence-electron chi connectivity index (χ1n) is 6.26. The second kappa shape index (κ2) is 6.77. The summed E-state index contributed by atoms with van der Waals surface area (Å²) in [5.74, 6) is -0.333. The van der Waals surface area contributed by atoms with Crippen molar-refractivity contribution in [3.63, 3.8) is 0 Å². The Labute approximate surface area is 135 Å². The molecular weight excluding hydrogens is 324 g/mol. The van der Waals surface area contributed by atoms with Crippen LogP contribution in [0.1, 0.15) is 6.92 Å². The number of aldehydes is 1. The molecule has 2 atom stereocenters. The van der Waals surface area contributed by atoms with E-state index in [1.165, 1.54) is 6.92 Å². The minimum atomic E-state index is -1.47. The number of hydrogen-bond acceptors (Lipinski definition) is 8. The molecule has 0 radical (unpaired) electrons. The topological polar surface area (TPSA) is 110 Å². The quantitative estimate of drug-likeness (QED) is 0.317.